The topological polar surface area (TPSA) is 38.7 Å². The summed E-state index contributed by atoms with van der Waals surface area (Å²) < 4.78 is 5.86. The van der Waals surface area contributed by atoms with E-state index in [0.717, 1.165) is 23.4 Å². The first-order valence-corrected chi connectivity index (χ1v) is 6.24. The first-order valence-electron chi connectivity index (χ1n) is 6.24. The van der Waals surface area contributed by atoms with Crippen molar-refractivity contribution in [2.75, 3.05) is 0 Å². The van der Waals surface area contributed by atoms with Crippen molar-refractivity contribution < 1.29 is 9.53 Å². The summed E-state index contributed by atoms with van der Waals surface area (Å²) in [6.07, 6.45) is 5.99. The molecule has 3 heteroatoms. The van der Waals surface area contributed by atoms with Crippen molar-refractivity contribution in [3.63, 3.8) is 0 Å². The van der Waals surface area contributed by atoms with Gasteiger partial charge in [0.05, 0.1) is 11.5 Å². The summed E-state index contributed by atoms with van der Waals surface area (Å²) >= 11 is 0. The number of fused-ring (bicyclic) bond motifs is 1. The molecule has 0 atom stereocenters. The van der Waals surface area contributed by atoms with Crippen molar-refractivity contribution in [2.24, 2.45) is 4.99 Å². The maximum atomic E-state index is 11.8. The molecule has 1 aliphatic carbocycles. The van der Waals surface area contributed by atoms with E-state index < -0.39 is 0 Å². The molecule has 0 aromatic heterocycles. The van der Waals surface area contributed by atoms with Gasteiger partial charge in [0.1, 0.15) is 0 Å². The van der Waals surface area contributed by atoms with E-state index in [1.807, 2.05) is 24.3 Å². The van der Waals surface area contributed by atoms with Crippen molar-refractivity contribution >= 4 is 11.7 Å². The fourth-order valence-corrected chi connectivity index (χ4v) is 2.50. The molecule has 0 bridgehead atoms. The van der Waals surface area contributed by atoms with Crippen LogP contribution in [0.4, 0.5) is 0 Å². The Morgan fingerprint density at radius 1 is 1.12 bits per heavy atom. The number of nitrogens with zero attached hydrogens (tertiary/aromatic N) is 1. The van der Waals surface area contributed by atoms with Gasteiger partial charge in [-0.3, -0.25) is 4.79 Å². The third kappa shape index (κ3) is 1.97. The van der Waals surface area contributed by atoms with Gasteiger partial charge in [-0.1, -0.05) is 18.6 Å². The van der Waals surface area contributed by atoms with Gasteiger partial charge in [-0.05, 0) is 37.8 Å². The Bertz CT molecular complexity index is 556. The Hall–Kier alpha value is -1.64. The molecule has 0 spiro atoms. The Labute approximate surface area is 99.8 Å². The molecule has 3 rings (SSSR count). The van der Waals surface area contributed by atoms with E-state index in [9.17, 15) is 4.79 Å². The molecule has 0 N–H and O–H groups in total. The van der Waals surface area contributed by atoms with Crippen LogP contribution in [0.2, 0.25) is 0 Å². The van der Waals surface area contributed by atoms with E-state index in [4.69, 9.17) is 4.74 Å². The average molecular weight is 229 g/mol. The molecule has 1 heterocycles. The molecule has 17 heavy (non-hydrogen) atoms. The molecule has 0 unspecified atom stereocenters. The lowest BCUT2D eigenvalue weighted by atomic mass is 9.98. The zero-order chi connectivity index (χ0) is 11.7. The second kappa shape index (κ2) is 4.32. The molecule has 3 nitrogen and oxygen atoms in total. The normalized spacial score (nSPS) is 20.0. The van der Waals surface area contributed by atoms with Gasteiger partial charge in [-0.2, -0.15) is 0 Å². The molecular formula is C14H15NO2. The number of carbonyl (C=O) groups excluding carboxylic acids is 1. The van der Waals surface area contributed by atoms with Crippen LogP contribution in [0.1, 0.15) is 32.1 Å². The number of hydrogen-bond donors (Lipinski definition) is 0. The molecule has 0 saturated heterocycles. The SMILES string of the molecule is O=C1N=c2ccccc2=C1OC1CCCCC1. The van der Waals surface area contributed by atoms with E-state index in [2.05, 4.69) is 4.99 Å². The van der Waals surface area contributed by atoms with Crippen molar-refractivity contribution in [1.82, 2.24) is 0 Å². The van der Waals surface area contributed by atoms with Crippen LogP contribution in [-0.2, 0) is 9.53 Å². The van der Waals surface area contributed by atoms with E-state index in [1.165, 1.54) is 19.3 Å². The first-order chi connectivity index (χ1) is 8.34. The van der Waals surface area contributed by atoms with Crippen LogP contribution in [0.5, 0.6) is 0 Å². The smallest absolute Gasteiger partial charge is 0.313 e. The highest BCUT2D eigenvalue weighted by atomic mass is 16.5. The molecule has 88 valence electrons. The predicted molar refractivity (Wildman–Crippen MR) is 63.6 cm³/mol. The molecule has 1 aromatic carbocycles. The minimum atomic E-state index is -0.225. The third-order valence-electron chi connectivity index (χ3n) is 3.40. The number of carbonyl (C=O) groups is 1. The maximum Gasteiger partial charge on any atom is 0.313 e. The third-order valence-corrected chi connectivity index (χ3v) is 3.40. The Morgan fingerprint density at radius 2 is 1.88 bits per heavy atom. The van der Waals surface area contributed by atoms with Crippen LogP contribution >= 0.6 is 0 Å². The molecule has 1 saturated carbocycles. The van der Waals surface area contributed by atoms with Crippen LogP contribution in [0.15, 0.2) is 29.3 Å². The largest absolute Gasteiger partial charge is 0.484 e. The van der Waals surface area contributed by atoms with Crippen molar-refractivity contribution in [3.05, 3.63) is 34.8 Å². The summed E-state index contributed by atoms with van der Waals surface area (Å²) in [4.78, 5) is 15.8. The highest BCUT2D eigenvalue weighted by molar-refractivity contribution is 6.12. The van der Waals surface area contributed by atoms with E-state index in [1.54, 1.807) is 0 Å². The quantitative estimate of drug-likeness (QED) is 0.766. The van der Waals surface area contributed by atoms with E-state index in [-0.39, 0.29) is 12.0 Å². The Morgan fingerprint density at radius 3 is 2.71 bits per heavy atom. The van der Waals surface area contributed by atoms with Crippen molar-refractivity contribution in [2.45, 2.75) is 38.2 Å². The minimum absolute atomic E-state index is 0.198. The molecule has 1 fully saturated rings. The monoisotopic (exact) mass is 229 g/mol. The van der Waals surface area contributed by atoms with E-state index >= 15 is 0 Å². The van der Waals surface area contributed by atoms with Gasteiger partial charge in [0, 0.05) is 5.22 Å². The Kier molecular flexibility index (Phi) is 2.67. The predicted octanol–water partition coefficient (Wildman–Crippen LogP) is 1.30. The second-order valence-electron chi connectivity index (χ2n) is 4.64. The zero-order valence-corrected chi connectivity index (χ0v) is 9.69. The molecular weight excluding hydrogens is 214 g/mol. The van der Waals surface area contributed by atoms with Gasteiger partial charge >= 0.3 is 5.91 Å². The summed E-state index contributed by atoms with van der Waals surface area (Å²) in [5, 5.41) is 1.59. The van der Waals surface area contributed by atoms with Crippen LogP contribution in [0.25, 0.3) is 5.76 Å². The van der Waals surface area contributed by atoms with E-state index in [0.29, 0.717) is 5.76 Å². The number of amides is 1. The second-order valence-corrected chi connectivity index (χ2v) is 4.64. The lowest BCUT2D eigenvalue weighted by Gasteiger charge is -2.22. The van der Waals surface area contributed by atoms with Crippen LogP contribution in [0.3, 0.4) is 0 Å². The fourth-order valence-electron chi connectivity index (χ4n) is 2.50. The molecule has 1 aromatic rings. The van der Waals surface area contributed by atoms with Gasteiger partial charge in [-0.15, -0.1) is 0 Å². The summed E-state index contributed by atoms with van der Waals surface area (Å²) in [7, 11) is 0. The summed E-state index contributed by atoms with van der Waals surface area (Å²) in [5.74, 6) is 0.226. The Balaban J connectivity index is 1.93. The van der Waals surface area contributed by atoms with Gasteiger partial charge in [0.15, 0.2) is 5.76 Å². The number of ether oxygens (including phenoxy) is 1. The average Bonchev–Trinajstić information content (AvgIpc) is 2.68. The molecule has 1 amide bonds. The first kappa shape index (κ1) is 10.5. The van der Waals surface area contributed by atoms with Crippen molar-refractivity contribution in [3.8, 4) is 0 Å². The summed E-state index contributed by atoms with van der Waals surface area (Å²) in [6, 6.07) is 7.56. The minimum Gasteiger partial charge on any atom is -0.484 e. The van der Waals surface area contributed by atoms with Gasteiger partial charge in [0.2, 0.25) is 0 Å². The molecule has 1 aliphatic heterocycles. The zero-order valence-electron chi connectivity index (χ0n) is 9.69. The number of para-hydroxylation sites is 1. The highest BCUT2D eigenvalue weighted by Gasteiger charge is 2.23. The standard InChI is InChI=1S/C14H15NO2/c16-14-13(17-10-6-2-1-3-7-10)11-8-4-5-9-12(11)15-14/h4-5,8-10H,1-3,6-7H2. The van der Waals surface area contributed by atoms with Gasteiger partial charge < -0.3 is 4.74 Å². The summed E-state index contributed by atoms with van der Waals surface area (Å²) in [6.45, 7) is 0. The molecule has 2 aliphatic rings. The maximum absolute atomic E-state index is 11.8. The lowest BCUT2D eigenvalue weighted by molar-refractivity contribution is -0.115. The number of rotatable bonds is 2. The summed E-state index contributed by atoms with van der Waals surface area (Å²) in [5.41, 5.74) is 0. The fraction of sp³-hybridized carbons (Fsp3) is 0.429. The van der Waals surface area contributed by atoms with Crippen LogP contribution in [-0.4, -0.2) is 12.0 Å². The number of benzene rings is 1. The highest BCUT2D eigenvalue weighted by Crippen LogP contribution is 2.23. The van der Waals surface area contributed by atoms with Crippen LogP contribution in [0, 0.1) is 0 Å². The van der Waals surface area contributed by atoms with Crippen molar-refractivity contribution in [1.29, 1.82) is 0 Å². The molecule has 0 radical (unpaired) electrons. The lowest BCUT2D eigenvalue weighted by Crippen LogP contribution is -2.25. The number of hydrogen-bond acceptors (Lipinski definition) is 2. The van der Waals surface area contributed by atoms with Gasteiger partial charge in [-0.25, -0.2) is 4.99 Å². The van der Waals surface area contributed by atoms with Gasteiger partial charge in [0.25, 0.3) is 0 Å². The van der Waals surface area contributed by atoms with Crippen LogP contribution < -0.4 is 10.6 Å².